The maximum atomic E-state index is 13.7. The van der Waals surface area contributed by atoms with Gasteiger partial charge in [0.15, 0.2) is 11.6 Å². The second-order valence-corrected chi connectivity index (χ2v) is 6.12. The first-order chi connectivity index (χ1) is 10.0. The molecular weight excluding hydrogens is 408 g/mol. The van der Waals surface area contributed by atoms with Crippen molar-refractivity contribution in [2.24, 2.45) is 0 Å². The van der Waals surface area contributed by atoms with Crippen LogP contribution in [-0.2, 0) is 6.54 Å². The Morgan fingerprint density at radius 3 is 2.52 bits per heavy atom. The van der Waals surface area contributed by atoms with E-state index in [1.54, 1.807) is 6.07 Å². The number of hydrogen-bond acceptors (Lipinski definition) is 2. The van der Waals surface area contributed by atoms with Gasteiger partial charge in [0.25, 0.3) is 0 Å². The zero-order valence-corrected chi connectivity index (χ0v) is 14.4. The number of nitrogens with one attached hydrogen (secondary N) is 1. The summed E-state index contributed by atoms with van der Waals surface area (Å²) in [5, 5.41) is 3.21. The van der Waals surface area contributed by atoms with Crippen molar-refractivity contribution in [1.82, 2.24) is 5.32 Å². The summed E-state index contributed by atoms with van der Waals surface area (Å²) in [6.07, 6.45) is 0. The average molecular weight is 421 g/mol. The van der Waals surface area contributed by atoms with Crippen LogP contribution < -0.4 is 10.1 Å². The predicted molar refractivity (Wildman–Crippen MR) is 85.7 cm³/mol. The summed E-state index contributed by atoms with van der Waals surface area (Å²) in [6, 6.07) is 7.91. The van der Waals surface area contributed by atoms with Gasteiger partial charge >= 0.3 is 0 Å². The minimum absolute atomic E-state index is 0.165. The fourth-order valence-electron chi connectivity index (χ4n) is 1.73. The number of ether oxygens (including phenoxy) is 1. The lowest BCUT2D eigenvalue weighted by molar-refractivity contribution is 0.413. The minimum Gasteiger partial charge on any atom is -0.453 e. The van der Waals surface area contributed by atoms with Crippen LogP contribution in [0.5, 0.6) is 11.5 Å². The maximum absolute atomic E-state index is 13.7. The Morgan fingerprint density at radius 2 is 1.86 bits per heavy atom. The van der Waals surface area contributed by atoms with Gasteiger partial charge in [0.2, 0.25) is 5.82 Å². The monoisotopic (exact) mass is 419 g/mol. The van der Waals surface area contributed by atoms with Crippen LogP contribution in [0, 0.1) is 11.6 Å². The molecule has 2 aromatic rings. The molecule has 0 aliphatic rings. The van der Waals surface area contributed by atoms with Crippen LogP contribution >= 0.6 is 31.9 Å². The lowest BCUT2D eigenvalue weighted by atomic mass is 10.2. The molecule has 2 aromatic carbocycles. The maximum Gasteiger partial charge on any atom is 0.201 e. The highest BCUT2D eigenvalue weighted by Crippen LogP contribution is 2.34. The van der Waals surface area contributed by atoms with Crippen molar-refractivity contribution >= 4 is 31.9 Å². The Bertz CT molecular complexity index is 650. The van der Waals surface area contributed by atoms with Gasteiger partial charge in [0.05, 0.1) is 4.47 Å². The molecule has 0 spiro atoms. The molecule has 0 saturated carbocycles. The molecule has 0 fully saturated rings. The Morgan fingerprint density at radius 1 is 1.10 bits per heavy atom. The third-order valence-corrected chi connectivity index (χ3v) is 3.83. The van der Waals surface area contributed by atoms with E-state index in [9.17, 15) is 8.78 Å². The van der Waals surface area contributed by atoms with Gasteiger partial charge in [-0.25, -0.2) is 4.39 Å². The highest BCUT2D eigenvalue weighted by Gasteiger charge is 2.13. The third kappa shape index (κ3) is 4.25. The predicted octanol–water partition coefficient (Wildman–Crippen LogP) is 5.39. The van der Waals surface area contributed by atoms with Crippen LogP contribution in [0.4, 0.5) is 8.78 Å². The van der Waals surface area contributed by atoms with Gasteiger partial charge in [-0.05, 0) is 52.3 Å². The van der Waals surface area contributed by atoms with Crippen LogP contribution in [0.2, 0.25) is 0 Å². The molecule has 0 heterocycles. The summed E-state index contributed by atoms with van der Waals surface area (Å²) in [5.41, 5.74) is 1.07. The molecular formula is C15H13Br2F2NO. The number of hydrogen-bond donors (Lipinski definition) is 1. The van der Waals surface area contributed by atoms with Gasteiger partial charge in [-0.15, -0.1) is 0 Å². The van der Waals surface area contributed by atoms with Crippen LogP contribution in [0.1, 0.15) is 12.5 Å². The highest BCUT2D eigenvalue weighted by atomic mass is 79.9. The van der Waals surface area contributed by atoms with E-state index in [0.29, 0.717) is 14.7 Å². The minimum atomic E-state index is -1.01. The molecule has 21 heavy (non-hydrogen) atoms. The van der Waals surface area contributed by atoms with Gasteiger partial charge in [-0.2, -0.15) is 4.39 Å². The Hall–Kier alpha value is -0.980. The van der Waals surface area contributed by atoms with Crippen molar-refractivity contribution in [3.8, 4) is 11.5 Å². The van der Waals surface area contributed by atoms with Gasteiger partial charge in [-0.3, -0.25) is 0 Å². The van der Waals surface area contributed by atoms with Crippen molar-refractivity contribution in [3.63, 3.8) is 0 Å². The van der Waals surface area contributed by atoms with Crippen LogP contribution in [0.15, 0.2) is 39.3 Å². The largest absolute Gasteiger partial charge is 0.453 e. The molecule has 0 saturated heterocycles. The normalized spacial score (nSPS) is 10.7. The van der Waals surface area contributed by atoms with Gasteiger partial charge < -0.3 is 10.1 Å². The first-order valence-electron chi connectivity index (χ1n) is 6.32. The van der Waals surface area contributed by atoms with Crippen molar-refractivity contribution in [1.29, 1.82) is 0 Å². The summed E-state index contributed by atoms with van der Waals surface area (Å²) in [6.45, 7) is 3.63. The topological polar surface area (TPSA) is 21.3 Å². The molecule has 2 rings (SSSR count). The molecule has 0 aliphatic heterocycles. The van der Waals surface area contributed by atoms with Gasteiger partial charge in [0.1, 0.15) is 5.75 Å². The first kappa shape index (κ1) is 16.4. The molecule has 0 atom stereocenters. The van der Waals surface area contributed by atoms with Gasteiger partial charge in [-0.1, -0.05) is 28.9 Å². The molecule has 1 N–H and O–H groups in total. The van der Waals surface area contributed by atoms with Crippen LogP contribution in [0.3, 0.4) is 0 Å². The fraction of sp³-hybridized carbons (Fsp3) is 0.200. The summed E-state index contributed by atoms with van der Waals surface area (Å²) in [7, 11) is 0. The van der Waals surface area contributed by atoms with E-state index in [1.165, 1.54) is 6.07 Å². The van der Waals surface area contributed by atoms with E-state index in [2.05, 4.69) is 37.2 Å². The van der Waals surface area contributed by atoms with E-state index in [0.717, 1.165) is 24.7 Å². The third-order valence-electron chi connectivity index (χ3n) is 2.75. The lowest BCUT2D eigenvalue weighted by Crippen LogP contribution is -2.11. The Balaban J connectivity index is 2.24. The molecule has 0 bridgehead atoms. The van der Waals surface area contributed by atoms with Crippen molar-refractivity contribution in [2.45, 2.75) is 13.5 Å². The zero-order chi connectivity index (χ0) is 15.4. The second kappa shape index (κ2) is 7.33. The molecule has 112 valence electrons. The van der Waals surface area contributed by atoms with E-state index < -0.39 is 11.6 Å². The SMILES string of the molecule is CCNCc1ccc(Oc2cc(Br)cc(F)c2F)c(Br)c1. The summed E-state index contributed by atoms with van der Waals surface area (Å²) >= 11 is 6.49. The van der Waals surface area contributed by atoms with Crippen molar-refractivity contribution in [3.05, 3.63) is 56.5 Å². The Kier molecular flexibility index (Phi) is 5.72. The molecule has 0 unspecified atom stereocenters. The number of rotatable bonds is 5. The van der Waals surface area contributed by atoms with E-state index in [1.807, 2.05) is 19.1 Å². The second-order valence-electron chi connectivity index (χ2n) is 4.35. The fourth-order valence-corrected chi connectivity index (χ4v) is 2.65. The smallest absolute Gasteiger partial charge is 0.201 e. The average Bonchev–Trinajstić information content (AvgIpc) is 2.44. The zero-order valence-electron chi connectivity index (χ0n) is 11.2. The van der Waals surface area contributed by atoms with E-state index >= 15 is 0 Å². The summed E-state index contributed by atoms with van der Waals surface area (Å²) in [5.74, 6) is -1.71. The molecule has 0 aliphatic carbocycles. The lowest BCUT2D eigenvalue weighted by Gasteiger charge is -2.11. The first-order valence-corrected chi connectivity index (χ1v) is 7.91. The molecule has 0 amide bonds. The molecule has 0 radical (unpaired) electrons. The molecule has 0 aromatic heterocycles. The van der Waals surface area contributed by atoms with Crippen molar-refractivity contribution < 1.29 is 13.5 Å². The van der Waals surface area contributed by atoms with Crippen LogP contribution in [-0.4, -0.2) is 6.54 Å². The van der Waals surface area contributed by atoms with Gasteiger partial charge in [0, 0.05) is 11.0 Å². The quantitative estimate of drug-likeness (QED) is 0.654. The number of halogens is 4. The standard InChI is InChI=1S/C15H13Br2F2NO/c1-2-20-8-9-3-4-13(11(17)5-9)21-14-7-10(16)6-12(18)15(14)19/h3-7,20H,2,8H2,1H3. The summed E-state index contributed by atoms with van der Waals surface area (Å²) < 4.78 is 33.6. The molecule has 6 heteroatoms. The Labute approximate surface area is 138 Å². The van der Waals surface area contributed by atoms with Crippen molar-refractivity contribution in [2.75, 3.05) is 6.54 Å². The highest BCUT2D eigenvalue weighted by molar-refractivity contribution is 9.10. The number of benzene rings is 2. The van der Waals surface area contributed by atoms with E-state index in [-0.39, 0.29) is 5.75 Å². The van der Waals surface area contributed by atoms with E-state index in [4.69, 9.17) is 4.74 Å². The molecule has 2 nitrogen and oxygen atoms in total. The summed E-state index contributed by atoms with van der Waals surface area (Å²) in [4.78, 5) is 0. The van der Waals surface area contributed by atoms with Crippen LogP contribution in [0.25, 0.3) is 0 Å².